The lowest BCUT2D eigenvalue weighted by molar-refractivity contribution is 0.00578. The Labute approximate surface area is 206 Å². The second-order valence-electron chi connectivity index (χ2n) is 10.7. The van der Waals surface area contributed by atoms with Crippen LogP contribution < -0.4 is 0 Å². The Morgan fingerprint density at radius 3 is 2.18 bits per heavy atom. The zero-order chi connectivity index (χ0) is 24.0. The molecule has 1 unspecified atom stereocenters. The van der Waals surface area contributed by atoms with Gasteiger partial charge in [-0.25, -0.2) is 0 Å². The van der Waals surface area contributed by atoms with Crippen molar-refractivity contribution >= 4 is 17.9 Å². The number of rotatable bonds is 11. The van der Waals surface area contributed by atoms with Gasteiger partial charge >= 0.3 is 7.12 Å². The molecule has 0 N–H and O–H groups in total. The summed E-state index contributed by atoms with van der Waals surface area (Å²) in [4.78, 5) is 0. The van der Waals surface area contributed by atoms with E-state index in [0.29, 0.717) is 12.5 Å². The summed E-state index contributed by atoms with van der Waals surface area (Å²) >= 11 is 0. The normalized spacial score (nSPS) is 17.8. The molecule has 3 aromatic carbocycles. The highest BCUT2D eigenvalue weighted by molar-refractivity contribution is 6.45. The van der Waals surface area contributed by atoms with Crippen LogP contribution in [0.3, 0.4) is 0 Å². The van der Waals surface area contributed by atoms with Gasteiger partial charge in [-0.05, 0) is 87.2 Å². The maximum absolute atomic E-state index is 6.31. The molecule has 0 spiro atoms. The Bertz CT molecular complexity index is 1030. The zero-order valence-corrected chi connectivity index (χ0v) is 21.3. The van der Waals surface area contributed by atoms with E-state index in [2.05, 4.69) is 100 Å². The van der Waals surface area contributed by atoms with E-state index in [1.165, 1.54) is 28.3 Å². The predicted molar refractivity (Wildman–Crippen MR) is 142 cm³/mol. The third-order valence-corrected chi connectivity index (χ3v) is 7.50. The Kier molecular flexibility index (Phi) is 8.13. The molecular weight excluding hydrogens is 419 g/mol. The first-order chi connectivity index (χ1) is 16.3. The summed E-state index contributed by atoms with van der Waals surface area (Å²) in [7, 11) is -0.146. The van der Waals surface area contributed by atoms with Gasteiger partial charge in [-0.1, -0.05) is 73.2 Å². The van der Waals surface area contributed by atoms with Crippen LogP contribution >= 0.6 is 0 Å². The molecule has 1 heterocycles. The Hall–Kier alpha value is -2.14. The van der Waals surface area contributed by atoms with Crippen LogP contribution in [0.2, 0.25) is 6.32 Å². The van der Waals surface area contributed by atoms with Gasteiger partial charge < -0.3 is 14.0 Å². The molecular formula is C30H39BO3. The Morgan fingerprint density at radius 1 is 0.765 bits per heavy atom. The molecule has 3 nitrogen and oxygen atoms in total. The molecule has 0 aliphatic carbocycles. The molecule has 0 saturated carbocycles. The second-order valence-corrected chi connectivity index (χ2v) is 10.7. The molecule has 0 bridgehead atoms. The van der Waals surface area contributed by atoms with Gasteiger partial charge in [-0.15, -0.1) is 0 Å². The van der Waals surface area contributed by atoms with Crippen molar-refractivity contribution in [2.75, 3.05) is 6.61 Å². The molecule has 1 aliphatic heterocycles. The van der Waals surface area contributed by atoms with E-state index in [4.69, 9.17) is 14.0 Å². The molecule has 4 heteroatoms. The predicted octanol–water partition coefficient (Wildman–Crippen LogP) is 7.48. The quantitative estimate of drug-likeness (QED) is 0.220. The SMILES string of the molecule is CC1(C)OB(CC(CCCc2ccccc2)CCOCc2ccc3ccccc3c2)OC1(C)C. The number of hydrogen-bond acceptors (Lipinski definition) is 3. The third kappa shape index (κ3) is 6.50. The second kappa shape index (κ2) is 11.1. The fourth-order valence-corrected chi connectivity index (χ4v) is 4.72. The van der Waals surface area contributed by atoms with Gasteiger partial charge in [0.05, 0.1) is 17.8 Å². The van der Waals surface area contributed by atoms with Gasteiger partial charge in [0.1, 0.15) is 0 Å². The fourth-order valence-electron chi connectivity index (χ4n) is 4.72. The van der Waals surface area contributed by atoms with Crippen molar-refractivity contribution in [1.82, 2.24) is 0 Å². The molecule has 180 valence electrons. The molecule has 1 aliphatic rings. The summed E-state index contributed by atoms with van der Waals surface area (Å²) in [6, 6.07) is 25.8. The molecule has 34 heavy (non-hydrogen) atoms. The summed E-state index contributed by atoms with van der Waals surface area (Å²) in [5.41, 5.74) is 2.08. The van der Waals surface area contributed by atoms with Gasteiger partial charge in [0.2, 0.25) is 0 Å². The van der Waals surface area contributed by atoms with Crippen LogP contribution in [0.5, 0.6) is 0 Å². The minimum Gasteiger partial charge on any atom is -0.403 e. The van der Waals surface area contributed by atoms with E-state index in [1.807, 2.05) is 0 Å². The van der Waals surface area contributed by atoms with Crippen LogP contribution in [-0.4, -0.2) is 24.9 Å². The van der Waals surface area contributed by atoms with E-state index < -0.39 is 0 Å². The standard InChI is InChI=1S/C30H39BO3/c1-29(2)30(3,4)34-31(33-29)22-25(14-10-13-24-11-6-5-7-12-24)19-20-32-23-26-17-18-27-15-8-9-16-28(27)21-26/h5-9,11-12,15-18,21,25H,10,13-14,19-20,22-23H2,1-4H3. The van der Waals surface area contributed by atoms with Crippen molar-refractivity contribution in [3.8, 4) is 0 Å². The van der Waals surface area contributed by atoms with E-state index in [1.54, 1.807) is 0 Å². The summed E-state index contributed by atoms with van der Waals surface area (Å²) in [6.45, 7) is 9.92. The lowest BCUT2D eigenvalue weighted by Crippen LogP contribution is -2.41. The van der Waals surface area contributed by atoms with E-state index in [-0.39, 0.29) is 18.3 Å². The van der Waals surface area contributed by atoms with Gasteiger partial charge in [-0.3, -0.25) is 0 Å². The average Bonchev–Trinajstić information content (AvgIpc) is 3.02. The molecule has 1 saturated heterocycles. The smallest absolute Gasteiger partial charge is 0.403 e. The minimum atomic E-state index is -0.279. The van der Waals surface area contributed by atoms with Crippen LogP contribution in [0.15, 0.2) is 72.8 Å². The van der Waals surface area contributed by atoms with Gasteiger partial charge in [-0.2, -0.15) is 0 Å². The lowest BCUT2D eigenvalue weighted by Gasteiger charge is -2.32. The molecule has 3 aromatic rings. The van der Waals surface area contributed by atoms with E-state index >= 15 is 0 Å². The van der Waals surface area contributed by atoms with E-state index in [0.717, 1.165) is 32.2 Å². The van der Waals surface area contributed by atoms with E-state index in [9.17, 15) is 0 Å². The molecule has 0 radical (unpaired) electrons. The molecule has 0 amide bonds. The summed E-state index contributed by atoms with van der Waals surface area (Å²) in [6.07, 6.45) is 5.36. The number of aryl methyl sites for hydroxylation is 1. The van der Waals surface area contributed by atoms with Crippen molar-refractivity contribution in [3.63, 3.8) is 0 Å². The first-order valence-corrected chi connectivity index (χ1v) is 12.8. The maximum Gasteiger partial charge on any atom is 0.458 e. The number of ether oxygens (including phenoxy) is 1. The van der Waals surface area contributed by atoms with Crippen molar-refractivity contribution < 1.29 is 14.0 Å². The maximum atomic E-state index is 6.31. The van der Waals surface area contributed by atoms with Gasteiger partial charge in [0.15, 0.2) is 0 Å². The van der Waals surface area contributed by atoms with Crippen molar-refractivity contribution in [2.45, 2.75) is 77.5 Å². The van der Waals surface area contributed by atoms with Gasteiger partial charge in [0, 0.05) is 6.61 Å². The largest absolute Gasteiger partial charge is 0.458 e. The lowest BCUT2D eigenvalue weighted by atomic mass is 9.74. The van der Waals surface area contributed by atoms with Crippen molar-refractivity contribution in [2.24, 2.45) is 5.92 Å². The first-order valence-electron chi connectivity index (χ1n) is 12.8. The topological polar surface area (TPSA) is 27.7 Å². The molecule has 4 rings (SSSR count). The fraction of sp³-hybridized carbons (Fsp3) is 0.467. The third-order valence-electron chi connectivity index (χ3n) is 7.50. The first kappa shape index (κ1) is 25.0. The van der Waals surface area contributed by atoms with Crippen LogP contribution in [0.1, 0.15) is 58.1 Å². The molecule has 0 aromatic heterocycles. The Balaban J connectivity index is 1.30. The van der Waals surface area contributed by atoms with Crippen LogP contribution in [0.25, 0.3) is 10.8 Å². The zero-order valence-electron chi connectivity index (χ0n) is 21.3. The summed E-state index contributed by atoms with van der Waals surface area (Å²) in [5, 5.41) is 2.54. The van der Waals surface area contributed by atoms with Gasteiger partial charge in [0.25, 0.3) is 0 Å². The molecule has 1 fully saturated rings. The highest BCUT2D eigenvalue weighted by atomic mass is 16.7. The molecule has 1 atom stereocenters. The van der Waals surface area contributed by atoms with Crippen LogP contribution in [0, 0.1) is 5.92 Å². The summed E-state index contributed by atoms with van der Waals surface area (Å²) in [5.74, 6) is 0.509. The van der Waals surface area contributed by atoms with Crippen molar-refractivity contribution in [1.29, 1.82) is 0 Å². The number of hydrogen-bond donors (Lipinski definition) is 0. The van der Waals surface area contributed by atoms with Crippen LogP contribution in [-0.2, 0) is 27.1 Å². The average molecular weight is 458 g/mol. The Morgan fingerprint density at radius 2 is 1.44 bits per heavy atom. The highest BCUT2D eigenvalue weighted by Crippen LogP contribution is 2.39. The highest BCUT2D eigenvalue weighted by Gasteiger charge is 2.51. The number of fused-ring (bicyclic) bond motifs is 1. The number of benzene rings is 3. The van der Waals surface area contributed by atoms with Crippen molar-refractivity contribution in [3.05, 3.63) is 83.9 Å². The van der Waals surface area contributed by atoms with Crippen LogP contribution in [0.4, 0.5) is 0 Å². The summed E-state index contributed by atoms with van der Waals surface area (Å²) < 4.78 is 18.8. The minimum absolute atomic E-state index is 0.146. The monoisotopic (exact) mass is 458 g/mol.